The van der Waals surface area contributed by atoms with Crippen LogP contribution in [0.2, 0.25) is 0 Å². The Morgan fingerprint density at radius 2 is 2.07 bits per heavy atom. The molecule has 0 aromatic heterocycles. The highest BCUT2D eigenvalue weighted by Gasteiger charge is 2.27. The average molecular weight is 229 g/mol. The average Bonchev–Trinajstić information content (AvgIpc) is 2.71. The van der Waals surface area contributed by atoms with Gasteiger partial charge in [0.15, 0.2) is 0 Å². The first kappa shape index (κ1) is 11.3. The molecular weight excluding hydrogens is 210 g/mol. The summed E-state index contributed by atoms with van der Waals surface area (Å²) in [5, 5.41) is 8.73. The molecule has 0 bridgehead atoms. The van der Waals surface area contributed by atoms with E-state index >= 15 is 0 Å². The summed E-state index contributed by atoms with van der Waals surface area (Å²) >= 11 is 2.05. The third kappa shape index (κ3) is 3.11. The molecule has 2 heterocycles. The topological polar surface area (TPSA) is 40.5 Å². The molecule has 0 amide bonds. The maximum Gasteiger partial charge on any atom is 0.303 e. The van der Waals surface area contributed by atoms with Gasteiger partial charge in [0.05, 0.1) is 0 Å². The summed E-state index contributed by atoms with van der Waals surface area (Å²) in [5.74, 6) is 2.38. The quantitative estimate of drug-likeness (QED) is 0.799. The summed E-state index contributed by atoms with van der Waals surface area (Å²) in [6, 6.07) is 0.778. The summed E-state index contributed by atoms with van der Waals surface area (Å²) in [6.07, 6.45) is 3.85. The van der Waals surface area contributed by atoms with Gasteiger partial charge in [-0.1, -0.05) is 0 Å². The third-order valence-corrected chi connectivity index (χ3v) is 4.68. The molecule has 3 nitrogen and oxygen atoms in total. The van der Waals surface area contributed by atoms with Crippen LogP contribution in [0.5, 0.6) is 0 Å². The van der Waals surface area contributed by atoms with E-state index in [-0.39, 0.29) is 0 Å². The SMILES string of the molecule is O=C(O)CC1CCN(C2CCSC2)CC1. The zero-order valence-corrected chi connectivity index (χ0v) is 9.84. The van der Waals surface area contributed by atoms with E-state index in [9.17, 15) is 4.79 Å². The largest absolute Gasteiger partial charge is 0.481 e. The van der Waals surface area contributed by atoms with E-state index in [2.05, 4.69) is 16.7 Å². The summed E-state index contributed by atoms with van der Waals surface area (Å²) in [7, 11) is 0. The highest BCUT2D eigenvalue weighted by Crippen LogP contribution is 2.27. The number of rotatable bonds is 3. The molecule has 86 valence electrons. The molecule has 0 spiro atoms. The summed E-state index contributed by atoms with van der Waals surface area (Å²) in [6.45, 7) is 2.23. The molecule has 1 unspecified atom stereocenters. The fraction of sp³-hybridized carbons (Fsp3) is 0.909. The number of hydrogen-bond acceptors (Lipinski definition) is 3. The second-order valence-corrected chi connectivity index (χ2v) is 5.74. The van der Waals surface area contributed by atoms with Crippen molar-refractivity contribution in [1.82, 2.24) is 4.90 Å². The van der Waals surface area contributed by atoms with Crippen LogP contribution in [0, 0.1) is 5.92 Å². The molecule has 4 heteroatoms. The van der Waals surface area contributed by atoms with E-state index < -0.39 is 5.97 Å². The number of thioether (sulfide) groups is 1. The predicted molar refractivity (Wildman–Crippen MR) is 62.3 cm³/mol. The first-order valence-corrected chi connectivity index (χ1v) is 6.95. The van der Waals surface area contributed by atoms with Crippen molar-refractivity contribution in [3.05, 3.63) is 0 Å². The van der Waals surface area contributed by atoms with Crippen molar-refractivity contribution in [3.8, 4) is 0 Å². The Bertz CT molecular complexity index is 221. The zero-order valence-electron chi connectivity index (χ0n) is 9.02. The minimum atomic E-state index is -0.634. The van der Waals surface area contributed by atoms with E-state index in [4.69, 9.17) is 5.11 Å². The van der Waals surface area contributed by atoms with E-state index in [0.29, 0.717) is 12.3 Å². The van der Waals surface area contributed by atoms with Gasteiger partial charge in [0, 0.05) is 18.2 Å². The summed E-state index contributed by atoms with van der Waals surface area (Å²) in [4.78, 5) is 13.2. The van der Waals surface area contributed by atoms with Crippen molar-refractivity contribution in [2.24, 2.45) is 5.92 Å². The van der Waals surface area contributed by atoms with Crippen LogP contribution in [0.4, 0.5) is 0 Å². The van der Waals surface area contributed by atoms with Crippen LogP contribution in [0.15, 0.2) is 0 Å². The van der Waals surface area contributed by atoms with Gasteiger partial charge in [-0.3, -0.25) is 9.69 Å². The van der Waals surface area contributed by atoms with Gasteiger partial charge in [0.25, 0.3) is 0 Å². The lowest BCUT2D eigenvalue weighted by molar-refractivity contribution is -0.138. The number of carboxylic acids is 1. The van der Waals surface area contributed by atoms with Crippen LogP contribution in [-0.4, -0.2) is 46.6 Å². The normalized spacial score (nSPS) is 29.5. The Balaban J connectivity index is 1.73. The predicted octanol–water partition coefficient (Wildman–Crippen LogP) is 1.68. The van der Waals surface area contributed by atoms with Crippen molar-refractivity contribution in [1.29, 1.82) is 0 Å². The van der Waals surface area contributed by atoms with Crippen molar-refractivity contribution in [2.45, 2.75) is 31.7 Å². The van der Waals surface area contributed by atoms with E-state index in [0.717, 1.165) is 32.0 Å². The lowest BCUT2D eigenvalue weighted by Crippen LogP contribution is -2.41. The maximum absolute atomic E-state index is 10.6. The van der Waals surface area contributed by atoms with Crippen molar-refractivity contribution < 1.29 is 9.90 Å². The molecule has 2 aliphatic rings. The maximum atomic E-state index is 10.6. The Morgan fingerprint density at radius 3 is 2.60 bits per heavy atom. The highest BCUT2D eigenvalue weighted by atomic mass is 32.2. The molecule has 1 N–H and O–H groups in total. The fourth-order valence-electron chi connectivity index (χ4n) is 2.58. The van der Waals surface area contributed by atoms with Gasteiger partial charge in [-0.05, 0) is 44.0 Å². The van der Waals surface area contributed by atoms with Crippen molar-refractivity contribution in [3.63, 3.8) is 0 Å². The van der Waals surface area contributed by atoms with E-state index in [1.165, 1.54) is 17.9 Å². The number of hydrogen-bond donors (Lipinski definition) is 1. The molecule has 0 saturated carbocycles. The first-order valence-electron chi connectivity index (χ1n) is 5.79. The van der Waals surface area contributed by atoms with Crippen molar-refractivity contribution in [2.75, 3.05) is 24.6 Å². The molecule has 1 atom stereocenters. The monoisotopic (exact) mass is 229 g/mol. The Labute approximate surface area is 95.2 Å². The highest BCUT2D eigenvalue weighted by molar-refractivity contribution is 7.99. The van der Waals surface area contributed by atoms with Crippen LogP contribution < -0.4 is 0 Å². The van der Waals surface area contributed by atoms with E-state index in [1.807, 2.05) is 0 Å². The second kappa shape index (κ2) is 5.21. The van der Waals surface area contributed by atoms with Crippen LogP contribution in [0.3, 0.4) is 0 Å². The lowest BCUT2D eigenvalue weighted by atomic mass is 9.93. The smallest absolute Gasteiger partial charge is 0.303 e. The molecular formula is C11H19NO2S. The number of carbonyl (C=O) groups is 1. The summed E-state index contributed by atoms with van der Waals surface area (Å²) < 4.78 is 0. The Hall–Kier alpha value is -0.220. The molecule has 2 fully saturated rings. The van der Waals surface area contributed by atoms with Crippen LogP contribution in [0.25, 0.3) is 0 Å². The number of nitrogens with zero attached hydrogens (tertiary/aromatic N) is 1. The van der Waals surface area contributed by atoms with Gasteiger partial charge in [-0.15, -0.1) is 0 Å². The Kier molecular flexibility index (Phi) is 3.92. The molecule has 0 aromatic rings. The van der Waals surface area contributed by atoms with Crippen LogP contribution in [0.1, 0.15) is 25.7 Å². The van der Waals surface area contributed by atoms with Gasteiger partial charge < -0.3 is 5.11 Å². The number of aliphatic carboxylic acids is 1. The summed E-state index contributed by atoms with van der Waals surface area (Å²) in [5.41, 5.74) is 0. The molecule has 2 rings (SSSR count). The van der Waals surface area contributed by atoms with E-state index in [1.54, 1.807) is 0 Å². The van der Waals surface area contributed by atoms with Crippen LogP contribution >= 0.6 is 11.8 Å². The number of likely N-dealkylation sites (tertiary alicyclic amines) is 1. The molecule has 0 aromatic carbocycles. The molecule has 0 radical (unpaired) electrons. The van der Waals surface area contributed by atoms with Crippen LogP contribution in [-0.2, 0) is 4.79 Å². The molecule has 0 aliphatic carbocycles. The molecule has 2 aliphatic heterocycles. The first-order chi connectivity index (χ1) is 7.25. The number of piperidine rings is 1. The van der Waals surface area contributed by atoms with Gasteiger partial charge in [-0.2, -0.15) is 11.8 Å². The van der Waals surface area contributed by atoms with Crippen molar-refractivity contribution >= 4 is 17.7 Å². The minimum Gasteiger partial charge on any atom is -0.481 e. The molecule has 2 saturated heterocycles. The Morgan fingerprint density at radius 1 is 1.33 bits per heavy atom. The second-order valence-electron chi connectivity index (χ2n) is 4.59. The standard InChI is InChI=1S/C11H19NO2S/c13-11(14)7-9-1-4-12(5-2-9)10-3-6-15-8-10/h9-10H,1-8H2,(H,13,14). The minimum absolute atomic E-state index is 0.368. The van der Waals surface area contributed by atoms with Gasteiger partial charge in [-0.25, -0.2) is 0 Å². The molecule has 15 heavy (non-hydrogen) atoms. The number of carboxylic acid groups (broad SMARTS) is 1. The van der Waals surface area contributed by atoms with Gasteiger partial charge >= 0.3 is 5.97 Å². The lowest BCUT2D eigenvalue weighted by Gasteiger charge is -2.35. The van der Waals surface area contributed by atoms with Gasteiger partial charge in [0.2, 0.25) is 0 Å². The zero-order chi connectivity index (χ0) is 10.7. The third-order valence-electron chi connectivity index (χ3n) is 3.53. The van der Waals surface area contributed by atoms with Gasteiger partial charge in [0.1, 0.15) is 0 Å². The fourth-order valence-corrected chi connectivity index (χ4v) is 3.83.